The summed E-state index contributed by atoms with van der Waals surface area (Å²) in [5, 5.41) is 30.4. The Morgan fingerprint density at radius 3 is 2.33 bits per heavy atom. The fourth-order valence-electron chi connectivity index (χ4n) is 3.68. The van der Waals surface area contributed by atoms with Crippen molar-refractivity contribution in [2.24, 2.45) is 5.73 Å². The molecule has 0 spiro atoms. The molecule has 180 valence electrons. The van der Waals surface area contributed by atoms with Crippen molar-refractivity contribution in [3.05, 3.63) is 95.6 Å². The van der Waals surface area contributed by atoms with Crippen LogP contribution in [-0.4, -0.2) is 38.2 Å². The number of hydrogen-bond acceptors (Lipinski definition) is 6. The van der Waals surface area contributed by atoms with Crippen molar-refractivity contribution in [1.29, 1.82) is 0 Å². The number of benzene rings is 3. The van der Waals surface area contributed by atoms with Crippen molar-refractivity contribution in [3.8, 4) is 28.3 Å². The first-order chi connectivity index (χ1) is 17.3. The first kappa shape index (κ1) is 24.1. The fourth-order valence-corrected chi connectivity index (χ4v) is 3.68. The predicted octanol–water partition coefficient (Wildman–Crippen LogP) is 3.88. The average molecular weight is 482 g/mol. The van der Waals surface area contributed by atoms with Crippen LogP contribution in [0.15, 0.2) is 78.9 Å². The molecule has 9 heteroatoms. The van der Waals surface area contributed by atoms with Crippen LogP contribution in [0.2, 0.25) is 0 Å². The molecule has 3 aromatic carbocycles. The number of carbonyl (C=O) groups is 3. The van der Waals surface area contributed by atoms with Gasteiger partial charge in [0.15, 0.2) is 0 Å². The van der Waals surface area contributed by atoms with Gasteiger partial charge in [-0.2, -0.15) is 0 Å². The molecule has 4 rings (SSSR count). The number of phenolic OH excluding ortho intramolecular Hbond substituents is 1. The van der Waals surface area contributed by atoms with E-state index in [0.717, 1.165) is 0 Å². The Morgan fingerprint density at radius 1 is 0.861 bits per heavy atom. The molecule has 0 radical (unpaired) electrons. The van der Waals surface area contributed by atoms with Crippen LogP contribution in [0.4, 0.5) is 5.69 Å². The highest BCUT2D eigenvalue weighted by Gasteiger charge is 2.16. The smallest absolute Gasteiger partial charge is 0.335 e. The topological polar surface area (TPSA) is 156 Å². The molecule has 0 fully saturated rings. The first-order valence-electron chi connectivity index (χ1n) is 11.0. The van der Waals surface area contributed by atoms with Crippen molar-refractivity contribution < 1.29 is 24.6 Å². The molecular formula is C27H22N4O5. The van der Waals surface area contributed by atoms with Crippen molar-refractivity contribution in [2.45, 2.75) is 12.8 Å². The summed E-state index contributed by atoms with van der Waals surface area (Å²) in [6, 6.07) is 21.0. The van der Waals surface area contributed by atoms with Gasteiger partial charge in [-0.3, -0.25) is 9.59 Å². The van der Waals surface area contributed by atoms with Gasteiger partial charge >= 0.3 is 5.97 Å². The fraction of sp³-hybridized carbons (Fsp3) is 0.0741. The number of amides is 2. The number of carbonyl (C=O) groups excluding carboxylic acids is 2. The number of aromatic carboxylic acids is 1. The monoisotopic (exact) mass is 482 g/mol. The molecule has 0 saturated carbocycles. The van der Waals surface area contributed by atoms with Gasteiger partial charge < -0.3 is 21.3 Å². The maximum absolute atomic E-state index is 12.8. The zero-order chi connectivity index (χ0) is 25.7. The molecule has 9 nitrogen and oxygen atoms in total. The molecule has 4 aromatic rings. The molecule has 1 heterocycles. The zero-order valence-electron chi connectivity index (χ0n) is 19.0. The maximum atomic E-state index is 12.8. The first-order valence-corrected chi connectivity index (χ1v) is 11.0. The number of phenols is 1. The maximum Gasteiger partial charge on any atom is 0.335 e. The van der Waals surface area contributed by atoms with Crippen LogP contribution in [0.25, 0.3) is 22.5 Å². The largest absolute Gasteiger partial charge is 0.508 e. The highest BCUT2D eigenvalue weighted by Crippen LogP contribution is 2.31. The zero-order valence-corrected chi connectivity index (χ0v) is 19.0. The highest BCUT2D eigenvalue weighted by atomic mass is 16.4. The lowest BCUT2D eigenvalue weighted by molar-refractivity contribution is -0.118. The van der Waals surface area contributed by atoms with Gasteiger partial charge in [0.1, 0.15) is 5.75 Å². The molecule has 0 saturated heterocycles. The predicted molar refractivity (Wildman–Crippen MR) is 133 cm³/mol. The Morgan fingerprint density at radius 2 is 1.61 bits per heavy atom. The SMILES string of the molecule is NC(=O)CCc1cc(-c2ccccc2NC(=O)c2ccc(O)cc2)nnc1-c1cccc(C(=O)O)c1. The Bertz CT molecular complexity index is 1450. The number of carboxylic acids is 1. The number of nitrogens with two attached hydrogens (primary N) is 1. The quantitative estimate of drug-likeness (QED) is 0.297. The Balaban J connectivity index is 1.73. The minimum Gasteiger partial charge on any atom is -0.508 e. The Hall–Kier alpha value is -5.05. The number of para-hydroxylation sites is 1. The van der Waals surface area contributed by atoms with Crippen LogP contribution < -0.4 is 11.1 Å². The summed E-state index contributed by atoms with van der Waals surface area (Å²) in [4.78, 5) is 35.7. The van der Waals surface area contributed by atoms with Gasteiger partial charge in [-0.1, -0.05) is 30.3 Å². The van der Waals surface area contributed by atoms with Crippen LogP contribution in [-0.2, 0) is 11.2 Å². The second-order valence-electron chi connectivity index (χ2n) is 8.00. The minimum atomic E-state index is -1.07. The number of carboxylic acid groups (broad SMARTS) is 1. The molecule has 0 aliphatic carbocycles. The summed E-state index contributed by atoms with van der Waals surface area (Å²) in [6.07, 6.45) is 0.336. The number of primary amides is 1. The average Bonchev–Trinajstić information content (AvgIpc) is 2.88. The molecule has 0 atom stereocenters. The molecule has 36 heavy (non-hydrogen) atoms. The molecule has 0 unspecified atom stereocenters. The van der Waals surface area contributed by atoms with Gasteiger partial charge in [0, 0.05) is 23.1 Å². The standard InChI is InChI=1S/C27H22N4O5/c28-24(33)13-10-18-15-23(30-31-25(18)17-4-3-5-19(14-17)27(35)36)21-6-1-2-7-22(21)29-26(34)16-8-11-20(32)12-9-16/h1-9,11-12,14-15,32H,10,13H2,(H2,28,33)(H,29,34)(H,35,36). The molecule has 1 aromatic heterocycles. The van der Waals surface area contributed by atoms with E-state index >= 15 is 0 Å². The molecule has 0 bridgehead atoms. The van der Waals surface area contributed by atoms with Gasteiger partial charge in [-0.25, -0.2) is 4.79 Å². The normalized spacial score (nSPS) is 10.6. The number of anilines is 1. The summed E-state index contributed by atoms with van der Waals surface area (Å²) >= 11 is 0. The third-order valence-corrected chi connectivity index (χ3v) is 5.48. The number of hydrogen-bond donors (Lipinski definition) is 4. The Labute approximate surface area is 206 Å². The van der Waals surface area contributed by atoms with Crippen molar-refractivity contribution in [1.82, 2.24) is 10.2 Å². The van der Waals surface area contributed by atoms with E-state index in [1.807, 2.05) is 0 Å². The highest BCUT2D eigenvalue weighted by molar-refractivity contribution is 6.06. The summed E-state index contributed by atoms with van der Waals surface area (Å²) in [5.41, 5.74) is 9.02. The van der Waals surface area contributed by atoms with Crippen molar-refractivity contribution in [2.75, 3.05) is 5.32 Å². The van der Waals surface area contributed by atoms with E-state index in [1.54, 1.807) is 42.5 Å². The van der Waals surface area contributed by atoms with Gasteiger partial charge in [0.05, 0.1) is 22.6 Å². The third kappa shape index (κ3) is 5.53. The molecule has 0 aliphatic rings. The third-order valence-electron chi connectivity index (χ3n) is 5.48. The van der Waals surface area contributed by atoms with E-state index in [1.165, 1.54) is 36.4 Å². The summed E-state index contributed by atoms with van der Waals surface area (Å²) < 4.78 is 0. The minimum absolute atomic E-state index is 0.0553. The van der Waals surface area contributed by atoms with Crippen molar-refractivity contribution >= 4 is 23.5 Å². The van der Waals surface area contributed by atoms with E-state index in [0.29, 0.717) is 39.3 Å². The molecule has 0 aliphatic heterocycles. The molecule has 5 N–H and O–H groups in total. The number of aryl methyl sites for hydroxylation is 1. The second-order valence-corrected chi connectivity index (χ2v) is 8.00. The van der Waals surface area contributed by atoms with E-state index in [9.17, 15) is 24.6 Å². The van der Waals surface area contributed by atoms with E-state index in [4.69, 9.17) is 5.73 Å². The number of rotatable bonds is 8. The lowest BCUT2D eigenvalue weighted by atomic mass is 9.98. The second kappa shape index (κ2) is 10.5. The van der Waals surface area contributed by atoms with Gasteiger partial charge in [-0.15, -0.1) is 10.2 Å². The summed E-state index contributed by atoms with van der Waals surface area (Å²) in [5.74, 6) is -1.87. The van der Waals surface area contributed by atoms with Crippen molar-refractivity contribution in [3.63, 3.8) is 0 Å². The van der Waals surface area contributed by atoms with Gasteiger partial charge in [0.2, 0.25) is 5.91 Å². The molecule has 2 amide bonds. The van der Waals surface area contributed by atoms with Crippen LogP contribution in [0.5, 0.6) is 5.75 Å². The van der Waals surface area contributed by atoms with Gasteiger partial charge in [-0.05, 0) is 60.5 Å². The van der Waals surface area contributed by atoms with Crippen LogP contribution in [0, 0.1) is 0 Å². The number of nitrogens with one attached hydrogen (secondary N) is 1. The molecular weight excluding hydrogens is 460 g/mol. The van der Waals surface area contributed by atoms with Crippen LogP contribution in [0.1, 0.15) is 32.7 Å². The van der Waals surface area contributed by atoms with E-state index in [2.05, 4.69) is 15.5 Å². The van der Waals surface area contributed by atoms with Crippen LogP contribution in [0.3, 0.4) is 0 Å². The number of aromatic nitrogens is 2. The van der Waals surface area contributed by atoms with E-state index < -0.39 is 11.9 Å². The lowest BCUT2D eigenvalue weighted by Gasteiger charge is -2.14. The summed E-state index contributed by atoms with van der Waals surface area (Å²) in [7, 11) is 0. The number of nitrogens with zero attached hydrogens (tertiary/aromatic N) is 2. The Kier molecular flexibility index (Phi) is 7.01. The van der Waals surface area contributed by atoms with Crippen LogP contribution >= 0.6 is 0 Å². The lowest BCUT2D eigenvalue weighted by Crippen LogP contribution is -2.13. The summed E-state index contributed by atoms with van der Waals surface area (Å²) in [6.45, 7) is 0. The van der Waals surface area contributed by atoms with E-state index in [-0.39, 0.29) is 30.1 Å². The number of aromatic hydroxyl groups is 1. The van der Waals surface area contributed by atoms with Gasteiger partial charge in [0.25, 0.3) is 5.91 Å².